The van der Waals surface area contributed by atoms with Crippen molar-refractivity contribution in [3.05, 3.63) is 29.9 Å². The van der Waals surface area contributed by atoms with E-state index in [9.17, 15) is 4.79 Å². The van der Waals surface area contributed by atoms with Crippen molar-refractivity contribution in [2.45, 2.75) is 58.4 Å². The Morgan fingerprint density at radius 3 is 3.04 bits per heavy atom. The molecule has 0 saturated carbocycles. The summed E-state index contributed by atoms with van der Waals surface area (Å²) < 4.78 is 7.38. The van der Waals surface area contributed by atoms with Gasteiger partial charge in [-0.15, -0.1) is 0 Å². The summed E-state index contributed by atoms with van der Waals surface area (Å²) in [5, 5.41) is 3.93. The van der Waals surface area contributed by atoms with Crippen LogP contribution in [0.1, 0.15) is 56.2 Å². The van der Waals surface area contributed by atoms with Gasteiger partial charge in [0.2, 0.25) is 11.8 Å². The van der Waals surface area contributed by atoms with Crippen LogP contribution < -0.4 is 0 Å². The number of piperidine rings is 1. The zero-order valence-corrected chi connectivity index (χ0v) is 14.4. The van der Waals surface area contributed by atoms with Gasteiger partial charge in [0.05, 0.1) is 6.04 Å². The number of carbonyl (C=O) groups excluding carboxylic acids is 1. The largest absolute Gasteiger partial charge is 0.341 e. The predicted molar refractivity (Wildman–Crippen MR) is 88.4 cm³/mol. The third-order valence-corrected chi connectivity index (χ3v) is 4.54. The standard InChI is InChI=1S/C17H25N5O2/c1-3-5-15-19-16(24-20-15)7-8-17(23)21-10-4-6-14(12-21)22-11-9-18-13(22)2/h9,11,14H,3-8,10,12H2,1-2H3/t14-/m1/s1. The summed E-state index contributed by atoms with van der Waals surface area (Å²) in [6.45, 7) is 5.66. The van der Waals surface area contributed by atoms with E-state index in [1.54, 1.807) is 0 Å². The predicted octanol–water partition coefficient (Wildman–Crippen LogP) is 2.32. The second-order valence-corrected chi connectivity index (χ2v) is 6.37. The minimum atomic E-state index is 0.160. The van der Waals surface area contributed by atoms with Gasteiger partial charge in [-0.05, 0) is 26.2 Å². The average Bonchev–Trinajstić information content (AvgIpc) is 3.22. The first-order valence-corrected chi connectivity index (χ1v) is 8.76. The molecule has 0 aromatic carbocycles. The molecule has 3 rings (SSSR count). The quantitative estimate of drug-likeness (QED) is 0.812. The lowest BCUT2D eigenvalue weighted by molar-refractivity contribution is -0.132. The lowest BCUT2D eigenvalue weighted by Crippen LogP contribution is -2.40. The summed E-state index contributed by atoms with van der Waals surface area (Å²) in [7, 11) is 0. The van der Waals surface area contributed by atoms with Crippen LogP contribution in [0.2, 0.25) is 0 Å². The van der Waals surface area contributed by atoms with Crippen LogP contribution in [0.4, 0.5) is 0 Å². The Bertz CT molecular complexity index is 678. The Hall–Kier alpha value is -2.18. The molecule has 0 spiro atoms. The maximum Gasteiger partial charge on any atom is 0.227 e. The fourth-order valence-corrected chi connectivity index (χ4v) is 3.27. The van der Waals surface area contributed by atoms with E-state index in [-0.39, 0.29) is 5.91 Å². The van der Waals surface area contributed by atoms with Crippen molar-refractivity contribution in [3.63, 3.8) is 0 Å². The molecule has 1 fully saturated rings. The summed E-state index contributed by atoms with van der Waals surface area (Å²) >= 11 is 0. The van der Waals surface area contributed by atoms with E-state index in [1.807, 2.05) is 24.2 Å². The minimum Gasteiger partial charge on any atom is -0.341 e. The molecule has 130 valence electrons. The van der Waals surface area contributed by atoms with Gasteiger partial charge in [-0.1, -0.05) is 12.1 Å². The molecule has 0 N–H and O–H groups in total. The number of aryl methyl sites for hydroxylation is 3. The topological polar surface area (TPSA) is 77.0 Å². The van der Waals surface area contributed by atoms with Gasteiger partial charge in [-0.25, -0.2) is 4.98 Å². The van der Waals surface area contributed by atoms with Gasteiger partial charge in [0, 0.05) is 44.7 Å². The highest BCUT2D eigenvalue weighted by Gasteiger charge is 2.25. The number of carbonyl (C=O) groups is 1. The molecular weight excluding hydrogens is 306 g/mol. The zero-order chi connectivity index (χ0) is 16.9. The molecule has 7 heteroatoms. The molecule has 3 heterocycles. The SMILES string of the molecule is CCCc1noc(CCC(=O)N2CCC[C@@H](n3ccnc3C)C2)n1. The Morgan fingerprint density at radius 1 is 1.42 bits per heavy atom. The highest BCUT2D eigenvalue weighted by Crippen LogP contribution is 2.23. The van der Waals surface area contributed by atoms with Crippen molar-refractivity contribution in [3.8, 4) is 0 Å². The van der Waals surface area contributed by atoms with Crippen molar-refractivity contribution in [1.29, 1.82) is 0 Å². The zero-order valence-electron chi connectivity index (χ0n) is 14.4. The monoisotopic (exact) mass is 331 g/mol. The highest BCUT2D eigenvalue weighted by atomic mass is 16.5. The third kappa shape index (κ3) is 3.83. The number of hydrogen-bond acceptors (Lipinski definition) is 5. The summed E-state index contributed by atoms with van der Waals surface area (Å²) in [6, 6.07) is 0.324. The second kappa shape index (κ2) is 7.59. The molecule has 1 aliphatic heterocycles. The van der Waals surface area contributed by atoms with Crippen LogP contribution in [0.25, 0.3) is 0 Å². The minimum absolute atomic E-state index is 0.160. The summed E-state index contributed by atoms with van der Waals surface area (Å²) in [6.07, 6.45) is 8.67. The number of aromatic nitrogens is 4. The number of hydrogen-bond donors (Lipinski definition) is 0. The van der Waals surface area contributed by atoms with Gasteiger partial charge in [0.25, 0.3) is 0 Å². The first-order valence-electron chi connectivity index (χ1n) is 8.76. The molecule has 1 saturated heterocycles. The summed E-state index contributed by atoms with van der Waals surface area (Å²) in [5.74, 6) is 2.45. The molecule has 0 unspecified atom stereocenters. The van der Waals surface area contributed by atoms with Gasteiger partial charge in [-0.2, -0.15) is 4.98 Å². The Morgan fingerprint density at radius 2 is 2.29 bits per heavy atom. The van der Waals surface area contributed by atoms with Gasteiger partial charge in [0.15, 0.2) is 5.82 Å². The van der Waals surface area contributed by atoms with Crippen molar-refractivity contribution in [2.75, 3.05) is 13.1 Å². The fraction of sp³-hybridized carbons (Fsp3) is 0.647. The maximum atomic E-state index is 12.5. The van der Waals surface area contributed by atoms with E-state index in [0.717, 1.165) is 50.4 Å². The first-order chi connectivity index (χ1) is 11.7. The summed E-state index contributed by atoms with van der Waals surface area (Å²) in [5.41, 5.74) is 0. The number of likely N-dealkylation sites (tertiary alicyclic amines) is 1. The molecule has 0 bridgehead atoms. The third-order valence-electron chi connectivity index (χ3n) is 4.54. The van der Waals surface area contributed by atoms with E-state index >= 15 is 0 Å². The van der Waals surface area contributed by atoms with Crippen LogP contribution in [-0.4, -0.2) is 43.6 Å². The van der Waals surface area contributed by atoms with Crippen LogP contribution >= 0.6 is 0 Å². The van der Waals surface area contributed by atoms with Crippen molar-refractivity contribution >= 4 is 5.91 Å². The number of nitrogens with zero attached hydrogens (tertiary/aromatic N) is 5. The van der Waals surface area contributed by atoms with Gasteiger partial charge >= 0.3 is 0 Å². The van der Waals surface area contributed by atoms with Crippen LogP contribution in [0, 0.1) is 6.92 Å². The molecule has 2 aromatic heterocycles. The normalized spacial score (nSPS) is 18.1. The fourth-order valence-electron chi connectivity index (χ4n) is 3.27. The molecule has 2 aromatic rings. The molecular formula is C17H25N5O2. The number of imidazole rings is 1. The molecule has 1 amide bonds. The van der Waals surface area contributed by atoms with Gasteiger partial charge in [0.1, 0.15) is 5.82 Å². The highest BCUT2D eigenvalue weighted by molar-refractivity contribution is 5.76. The molecule has 24 heavy (non-hydrogen) atoms. The second-order valence-electron chi connectivity index (χ2n) is 6.37. The van der Waals surface area contributed by atoms with Gasteiger partial charge in [-0.3, -0.25) is 4.79 Å². The molecule has 0 aliphatic carbocycles. The number of rotatable bonds is 6. The smallest absolute Gasteiger partial charge is 0.227 e. The van der Waals surface area contributed by atoms with Crippen molar-refractivity contribution in [2.24, 2.45) is 0 Å². The van der Waals surface area contributed by atoms with Crippen LogP contribution in [0.5, 0.6) is 0 Å². The summed E-state index contributed by atoms with van der Waals surface area (Å²) in [4.78, 5) is 23.1. The van der Waals surface area contributed by atoms with Crippen LogP contribution in [-0.2, 0) is 17.6 Å². The van der Waals surface area contributed by atoms with E-state index in [0.29, 0.717) is 24.8 Å². The van der Waals surface area contributed by atoms with E-state index in [2.05, 4.69) is 26.6 Å². The van der Waals surface area contributed by atoms with E-state index < -0.39 is 0 Å². The molecule has 0 radical (unpaired) electrons. The Labute approximate surface area is 142 Å². The van der Waals surface area contributed by atoms with Crippen LogP contribution in [0.15, 0.2) is 16.9 Å². The molecule has 1 aliphatic rings. The Kier molecular flexibility index (Phi) is 5.27. The van der Waals surface area contributed by atoms with Gasteiger partial charge < -0.3 is 14.0 Å². The van der Waals surface area contributed by atoms with E-state index in [1.165, 1.54) is 0 Å². The maximum absolute atomic E-state index is 12.5. The lowest BCUT2D eigenvalue weighted by atomic mass is 10.0. The lowest BCUT2D eigenvalue weighted by Gasteiger charge is -2.34. The molecule has 1 atom stereocenters. The number of amides is 1. The average molecular weight is 331 g/mol. The van der Waals surface area contributed by atoms with E-state index in [4.69, 9.17) is 4.52 Å². The van der Waals surface area contributed by atoms with Crippen LogP contribution in [0.3, 0.4) is 0 Å². The Balaban J connectivity index is 1.53. The van der Waals surface area contributed by atoms with Crippen molar-refractivity contribution < 1.29 is 9.32 Å². The first kappa shape index (κ1) is 16.7. The molecule has 7 nitrogen and oxygen atoms in total. The van der Waals surface area contributed by atoms with Crippen molar-refractivity contribution in [1.82, 2.24) is 24.6 Å².